The lowest BCUT2D eigenvalue weighted by atomic mass is 10.1. The maximum Gasteiger partial charge on any atom is 0.259 e. The summed E-state index contributed by atoms with van der Waals surface area (Å²) in [5.41, 5.74) is 1.51. The fourth-order valence-electron chi connectivity index (χ4n) is 2.29. The number of carbonyl (C=O) groups excluding carboxylic acids is 1. The monoisotopic (exact) mass is 215 g/mol. The van der Waals surface area contributed by atoms with Crippen LogP contribution >= 0.6 is 0 Å². The van der Waals surface area contributed by atoms with Crippen LogP contribution in [0.1, 0.15) is 10.4 Å². The van der Waals surface area contributed by atoms with Crippen LogP contribution in [0.3, 0.4) is 0 Å². The normalized spacial score (nSPS) is 13.8. The van der Waals surface area contributed by atoms with Crippen LogP contribution < -0.4 is 4.90 Å². The Labute approximate surface area is 92.3 Å². The van der Waals surface area contributed by atoms with E-state index in [1.165, 1.54) is 4.90 Å². The van der Waals surface area contributed by atoms with Crippen LogP contribution in [0.4, 0.5) is 10.1 Å². The van der Waals surface area contributed by atoms with Gasteiger partial charge in [-0.05, 0) is 17.5 Å². The number of nitrogens with zero attached hydrogens (tertiary/aromatic N) is 1. The Bertz CT molecular complexity index is 574. The van der Waals surface area contributed by atoms with Crippen LogP contribution in [-0.4, -0.2) is 19.1 Å². The van der Waals surface area contributed by atoms with Crippen LogP contribution in [0.15, 0.2) is 36.4 Å². The van der Waals surface area contributed by atoms with Gasteiger partial charge in [0, 0.05) is 10.9 Å². The number of halogens is 1. The van der Waals surface area contributed by atoms with E-state index < -0.39 is 6.67 Å². The lowest BCUT2D eigenvalue weighted by Crippen LogP contribution is -2.28. The quantitative estimate of drug-likeness (QED) is 0.754. The highest BCUT2D eigenvalue weighted by Gasteiger charge is 2.28. The minimum absolute atomic E-state index is 0.0931. The molecule has 1 amide bonds. The van der Waals surface area contributed by atoms with Gasteiger partial charge in [0.15, 0.2) is 0 Å². The van der Waals surface area contributed by atoms with Crippen molar-refractivity contribution in [2.24, 2.45) is 0 Å². The summed E-state index contributed by atoms with van der Waals surface area (Å²) in [6, 6.07) is 11.4. The molecule has 0 aromatic heterocycles. The van der Waals surface area contributed by atoms with Crippen LogP contribution in [0.25, 0.3) is 10.8 Å². The Morgan fingerprint density at radius 3 is 2.62 bits per heavy atom. The van der Waals surface area contributed by atoms with Crippen LogP contribution in [0.2, 0.25) is 0 Å². The van der Waals surface area contributed by atoms with Crippen molar-refractivity contribution in [1.82, 2.24) is 0 Å². The molecular weight excluding hydrogens is 205 g/mol. The molecule has 0 radical (unpaired) electrons. The largest absolute Gasteiger partial charge is 0.305 e. The minimum Gasteiger partial charge on any atom is -0.305 e. The first kappa shape index (κ1) is 9.33. The topological polar surface area (TPSA) is 20.3 Å². The minimum atomic E-state index is -0.518. The van der Waals surface area contributed by atoms with E-state index in [1.807, 2.05) is 30.3 Å². The van der Waals surface area contributed by atoms with E-state index in [0.29, 0.717) is 5.56 Å². The van der Waals surface area contributed by atoms with Gasteiger partial charge in [0.25, 0.3) is 5.91 Å². The van der Waals surface area contributed by atoms with Crippen molar-refractivity contribution in [2.75, 3.05) is 18.1 Å². The van der Waals surface area contributed by atoms with Crippen molar-refractivity contribution in [1.29, 1.82) is 0 Å². The van der Waals surface area contributed by atoms with Crippen LogP contribution in [0.5, 0.6) is 0 Å². The number of hydrogen-bond acceptors (Lipinski definition) is 1. The SMILES string of the molecule is O=C1c2cccc3cccc(c23)N1CCF. The van der Waals surface area contributed by atoms with E-state index in [1.54, 1.807) is 6.07 Å². The molecule has 2 nitrogen and oxygen atoms in total. The third-order valence-corrected chi connectivity index (χ3v) is 2.96. The standard InChI is InChI=1S/C13H10FNO/c14-7-8-15-11-6-2-4-9-3-1-5-10(12(9)11)13(15)16/h1-6H,7-8H2. The molecule has 1 aliphatic rings. The average Bonchev–Trinajstić information content (AvgIpc) is 2.58. The Kier molecular flexibility index (Phi) is 1.93. The van der Waals surface area contributed by atoms with Crippen molar-refractivity contribution in [3.8, 4) is 0 Å². The molecule has 0 spiro atoms. The second-order valence-corrected chi connectivity index (χ2v) is 3.83. The van der Waals surface area contributed by atoms with E-state index in [4.69, 9.17) is 0 Å². The molecule has 0 aliphatic carbocycles. The van der Waals surface area contributed by atoms with Crippen molar-refractivity contribution < 1.29 is 9.18 Å². The van der Waals surface area contributed by atoms with Gasteiger partial charge in [-0.1, -0.05) is 24.3 Å². The number of benzene rings is 2. The summed E-state index contributed by atoms with van der Waals surface area (Å²) in [6.45, 7) is -0.386. The molecule has 0 bridgehead atoms. The number of anilines is 1. The third kappa shape index (κ3) is 1.08. The van der Waals surface area contributed by atoms with Gasteiger partial charge >= 0.3 is 0 Å². The first-order chi connectivity index (χ1) is 7.83. The molecule has 2 aromatic carbocycles. The van der Waals surface area contributed by atoms with Gasteiger partial charge in [-0.15, -0.1) is 0 Å². The summed E-state index contributed by atoms with van der Waals surface area (Å²) in [4.78, 5) is 13.5. The predicted molar refractivity (Wildman–Crippen MR) is 61.6 cm³/mol. The molecule has 0 saturated carbocycles. The fourth-order valence-corrected chi connectivity index (χ4v) is 2.29. The molecule has 1 heterocycles. The van der Waals surface area contributed by atoms with Gasteiger partial charge < -0.3 is 4.90 Å². The van der Waals surface area contributed by atoms with Gasteiger partial charge in [-0.25, -0.2) is 4.39 Å². The second kappa shape index (κ2) is 3.30. The lowest BCUT2D eigenvalue weighted by Gasteiger charge is -2.15. The summed E-state index contributed by atoms with van der Waals surface area (Å²) in [5, 5.41) is 1.98. The Balaban J connectivity index is 2.31. The maximum atomic E-state index is 12.4. The first-order valence-corrected chi connectivity index (χ1v) is 5.22. The van der Waals surface area contributed by atoms with Crippen molar-refractivity contribution in [2.45, 2.75) is 0 Å². The van der Waals surface area contributed by atoms with E-state index in [2.05, 4.69) is 0 Å². The predicted octanol–water partition coefficient (Wildman–Crippen LogP) is 2.77. The molecule has 1 aliphatic heterocycles. The molecule has 3 heteroatoms. The fraction of sp³-hybridized carbons (Fsp3) is 0.154. The maximum absolute atomic E-state index is 12.4. The highest BCUT2D eigenvalue weighted by molar-refractivity contribution is 6.24. The zero-order valence-corrected chi connectivity index (χ0v) is 8.61. The summed E-state index contributed by atoms with van der Waals surface area (Å²) in [7, 11) is 0. The van der Waals surface area contributed by atoms with Gasteiger partial charge in [-0.2, -0.15) is 0 Å². The van der Waals surface area contributed by atoms with E-state index in [0.717, 1.165) is 16.5 Å². The second-order valence-electron chi connectivity index (χ2n) is 3.83. The molecule has 0 N–H and O–H groups in total. The highest BCUT2D eigenvalue weighted by atomic mass is 19.1. The van der Waals surface area contributed by atoms with E-state index in [9.17, 15) is 9.18 Å². The number of carbonyl (C=O) groups is 1. The molecule has 0 saturated heterocycles. The van der Waals surface area contributed by atoms with Gasteiger partial charge in [0.05, 0.1) is 12.2 Å². The number of hydrogen-bond donors (Lipinski definition) is 0. The summed E-state index contributed by atoms with van der Waals surface area (Å²) < 4.78 is 12.4. The molecule has 0 fully saturated rings. The molecule has 0 unspecified atom stereocenters. The molecular formula is C13H10FNO. The van der Waals surface area contributed by atoms with E-state index in [-0.39, 0.29) is 12.5 Å². The molecule has 3 rings (SSSR count). The number of amides is 1. The highest BCUT2D eigenvalue weighted by Crippen LogP contribution is 2.36. The third-order valence-electron chi connectivity index (χ3n) is 2.96. The van der Waals surface area contributed by atoms with Crippen molar-refractivity contribution in [3.63, 3.8) is 0 Å². The summed E-state index contributed by atoms with van der Waals surface area (Å²) >= 11 is 0. The van der Waals surface area contributed by atoms with Crippen molar-refractivity contribution >= 4 is 22.4 Å². The summed E-state index contributed by atoms with van der Waals surface area (Å²) in [6.07, 6.45) is 0. The van der Waals surface area contributed by atoms with Crippen LogP contribution in [0, 0.1) is 0 Å². The van der Waals surface area contributed by atoms with Crippen molar-refractivity contribution in [3.05, 3.63) is 42.0 Å². The van der Waals surface area contributed by atoms with Gasteiger partial charge in [-0.3, -0.25) is 4.79 Å². The smallest absolute Gasteiger partial charge is 0.259 e. The van der Waals surface area contributed by atoms with Gasteiger partial charge in [0.2, 0.25) is 0 Å². The Morgan fingerprint density at radius 1 is 1.12 bits per heavy atom. The molecule has 16 heavy (non-hydrogen) atoms. The molecule has 2 aromatic rings. The Morgan fingerprint density at radius 2 is 1.88 bits per heavy atom. The lowest BCUT2D eigenvalue weighted by molar-refractivity contribution is 0.0991. The van der Waals surface area contributed by atoms with Crippen LogP contribution in [-0.2, 0) is 0 Å². The average molecular weight is 215 g/mol. The summed E-state index contributed by atoms with van der Waals surface area (Å²) in [5.74, 6) is -0.0931. The molecule has 0 atom stereocenters. The van der Waals surface area contributed by atoms with E-state index >= 15 is 0 Å². The first-order valence-electron chi connectivity index (χ1n) is 5.22. The zero-order valence-electron chi connectivity index (χ0n) is 8.61. The number of rotatable bonds is 2. The number of alkyl halides is 1. The zero-order chi connectivity index (χ0) is 11.1. The van der Waals surface area contributed by atoms with Gasteiger partial charge in [0.1, 0.15) is 6.67 Å². The molecule has 80 valence electrons. The Hall–Kier alpha value is -1.90.